The molecule has 0 radical (unpaired) electrons. The number of likely N-dealkylation sites (tertiary alicyclic amines) is 1. The Labute approximate surface area is 55.8 Å². The number of halogens is 1. The molecule has 0 amide bonds. The van der Waals surface area contributed by atoms with Crippen molar-refractivity contribution in [2.45, 2.75) is 32.5 Å². The molecule has 0 bridgehead atoms. The zero-order valence-electron chi connectivity index (χ0n) is 6.10. The van der Waals surface area contributed by atoms with Crippen LogP contribution in [0.25, 0.3) is 0 Å². The van der Waals surface area contributed by atoms with E-state index in [0.29, 0.717) is 12.6 Å². The summed E-state index contributed by atoms with van der Waals surface area (Å²) in [6, 6.07) is 0.463. The summed E-state index contributed by atoms with van der Waals surface area (Å²) >= 11 is 0. The molecular formula is C7H14FN. The van der Waals surface area contributed by atoms with Crippen LogP contribution in [0.15, 0.2) is 0 Å². The maximum absolute atomic E-state index is 12.6. The summed E-state index contributed by atoms with van der Waals surface area (Å²) in [6.45, 7) is 5.80. The molecule has 9 heavy (non-hydrogen) atoms. The second-order valence-corrected chi connectivity index (χ2v) is 2.77. The van der Waals surface area contributed by atoms with Gasteiger partial charge in [-0.3, -0.25) is 4.90 Å². The fourth-order valence-electron chi connectivity index (χ4n) is 1.47. The van der Waals surface area contributed by atoms with Crippen molar-refractivity contribution in [2.24, 2.45) is 0 Å². The van der Waals surface area contributed by atoms with Crippen molar-refractivity contribution in [3.63, 3.8) is 0 Å². The minimum atomic E-state index is -0.569. The zero-order valence-corrected chi connectivity index (χ0v) is 6.10. The Balaban J connectivity index is 2.38. The summed E-state index contributed by atoms with van der Waals surface area (Å²) in [7, 11) is 0. The second kappa shape index (κ2) is 2.65. The van der Waals surface area contributed by atoms with Crippen LogP contribution < -0.4 is 0 Å². The van der Waals surface area contributed by atoms with E-state index in [9.17, 15) is 4.39 Å². The van der Waals surface area contributed by atoms with E-state index in [-0.39, 0.29) is 0 Å². The number of hydrogen-bond acceptors (Lipinski definition) is 1. The van der Waals surface area contributed by atoms with Crippen LogP contribution in [0.5, 0.6) is 0 Å². The average Bonchev–Trinajstić information content (AvgIpc) is 2.10. The molecule has 1 fully saturated rings. The van der Waals surface area contributed by atoms with Gasteiger partial charge in [-0.2, -0.15) is 0 Å². The first-order valence-electron chi connectivity index (χ1n) is 3.62. The summed E-state index contributed by atoms with van der Waals surface area (Å²) in [5.41, 5.74) is 0. The highest BCUT2D eigenvalue weighted by atomic mass is 19.1. The van der Waals surface area contributed by atoms with Gasteiger partial charge in [-0.25, -0.2) is 4.39 Å². The van der Waals surface area contributed by atoms with E-state index in [4.69, 9.17) is 0 Å². The van der Waals surface area contributed by atoms with E-state index < -0.39 is 6.17 Å². The van der Waals surface area contributed by atoms with Gasteiger partial charge in [0.05, 0.1) is 0 Å². The van der Waals surface area contributed by atoms with Crippen LogP contribution >= 0.6 is 0 Å². The Morgan fingerprint density at radius 1 is 1.67 bits per heavy atom. The molecule has 1 aliphatic rings. The highest BCUT2D eigenvalue weighted by molar-refractivity contribution is 4.80. The Morgan fingerprint density at radius 2 is 2.33 bits per heavy atom. The van der Waals surface area contributed by atoms with Gasteiger partial charge in [-0.15, -0.1) is 0 Å². The number of nitrogens with zero attached hydrogens (tertiary/aromatic N) is 1. The molecule has 1 rings (SSSR count). The van der Waals surface area contributed by atoms with Crippen LogP contribution in [0, 0.1) is 0 Å². The number of hydrogen-bond donors (Lipinski definition) is 0. The van der Waals surface area contributed by atoms with Crippen molar-refractivity contribution in [3.8, 4) is 0 Å². The molecule has 0 aliphatic carbocycles. The van der Waals surface area contributed by atoms with Crippen LogP contribution in [0.1, 0.15) is 20.3 Å². The molecule has 1 unspecified atom stereocenters. The van der Waals surface area contributed by atoms with Crippen molar-refractivity contribution in [3.05, 3.63) is 0 Å². The lowest BCUT2D eigenvalue weighted by molar-refractivity contribution is 0.266. The SMILES string of the molecule is CCN1C[C@@H](F)CC1C. The Hall–Kier alpha value is -0.110. The van der Waals surface area contributed by atoms with Crippen LogP contribution in [-0.2, 0) is 0 Å². The molecule has 0 N–H and O–H groups in total. The largest absolute Gasteiger partial charge is 0.298 e. The second-order valence-electron chi connectivity index (χ2n) is 2.77. The lowest BCUT2D eigenvalue weighted by atomic mass is 10.2. The molecule has 0 saturated carbocycles. The third-order valence-corrected chi connectivity index (χ3v) is 2.06. The Kier molecular flexibility index (Phi) is 2.06. The highest BCUT2D eigenvalue weighted by Gasteiger charge is 2.26. The summed E-state index contributed by atoms with van der Waals surface area (Å²) in [4.78, 5) is 2.17. The van der Waals surface area contributed by atoms with Gasteiger partial charge in [0.15, 0.2) is 0 Å². The van der Waals surface area contributed by atoms with Gasteiger partial charge in [0.2, 0.25) is 0 Å². The molecule has 54 valence electrons. The molecule has 1 aliphatic heterocycles. The first-order chi connectivity index (χ1) is 4.24. The monoisotopic (exact) mass is 131 g/mol. The van der Waals surface area contributed by atoms with E-state index in [2.05, 4.69) is 18.7 Å². The van der Waals surface area contributed by atoms with Crippen molar-refractivity contribution in [1.29, 1.82) is 0 Å². The van der Waals surface area contributed by atoms with E-state index >= 15 is 0 Å². The Bertz CT molecular complexity index is 94.9. The van der Waals surface area contributed by atoms with Crippen LogP contribution in [0.2, 0.25) is 0 Å². The van der Waals surface area contributed by atoms with Gasteiger partial charge in [0.25, 0.3) is 0 Å². The topological polar surface area (TPSA) is 3.24 Å². The van der Waals surface area contributed by atoms with Gasteiger partial charge in [0.1, 0.15) is 6.17 Å². The first-order valence-corrected chi connectivity index (χ1v) is 3.62. The predicted octanol–water partition coefficient (Wildman–Crippen LogP) is 1.44. The van der Waals surface area contributed by atoms with Crippen molar-refractivity contribution in [1.82, 2.24) is 4.90 Å². The van der Waals surface area contributed by atoms with Crippen molar-refractivity contribution < 1.29 is 4.39 Å². The smallest absolute Gasteiger partial charge is 0.114 e. The lowest BCUT2D eigenvalue weighted by Crippen LogP contribution is -2.26. The lowest BCUT2D eigenvalue weighted by Gasteiger charge is -2.16. The van der Waals surface area contributed by atoms with E-state index in [1.165, 1.54) is 0 Å². The van der Waals surface area contributed by atoms with Gasteiger partial charge in [-0.05, 0) is 19.9 Å². The fraction of sp³-hybridized carbons (Fsp3) is 1.00. The highest BCUT2D eigenvalue weighted by Crippen LogP contribution is 2.18. The van der Waals surface area contributed by atoms with Gasteiger partial charge in [0, 0.05) is 12.6 Å². The summed E-state index contributed by atoms with van der Waals surface area (Å²) in [6.07, 6.45) is 0.161. The van der Waals surface area contributed by atoms with E-state index in [1.807, 2.05) is 0 Å². The number of rotatable bonds is 1. The zero-order chi connectivity index (χ0) is 6.85. The maximum atomic E-state index is 12.6. The molecule has 2 atom stereocenters. The standard InChI is InChI=1S/C7H14FN/c1-3-9-5-7(8)4-6(9)2/h6-7H,3-5H2,1-2H3/t6?,7-/m0/s1. The van der Waals surface area contributed by atoms with Gasteiger partial charge in [-0.1, -0.05) is 6.92 Å². The first kappa shape index (κ1) is 7.00. The molecular weight excluding hydrogens is 117 g/mol. The summed E-state index contributed by atoms with van der Waals surface area (Å²) < 4.78 is 12.6. The summed E-state index contributed by atoms with van der Waals surface area (Å²) in [5.74, 6) is 0. The molecule has 0 aromatic carbocycles. The average molecular weight is 131 g/mol. The quantitative estimate of drug-likeness (QED) is 0.520. The molecule has 0 aromatic rings. The normalized spacial score (nSPS) is 37.7. The molecule has 2 heteroatoms. The van der Waals surface area contributed by atoms with Crippen molar-refractivity contribution >= 4 is 0 Å². The van der Waals surface area contributed by atoms with Gasteiger partial charge >= 0.3 is 0 Å². The van der Waals surface area contributed by atoms with E-state index in [0.717, 1.165) is 13.0 Å². The third kappa shape index (κ3) is 1.42. The van der Waals surface area contributed by atoms with Crippen molar-refractivity contribution in [2.75, 3.05) is 13.1 Å². The molecule has 0 aromatic heterocycles. The van der Waals surface area contributed by atoms with Crippen LogP contribution in [-0.4, -0.2) is 30.2 Å². The number of alkyl halides is 1. The van der Waals surface area contributed by atoms with E-state index in [1.54, 1.807) is 0 Å². The van der Waals surface area contributed by atoms with Crippen LogP contribution in [0.4, 0.5) is 4.39 Å². The van der Waals surface area contributed by atoms with Gasteiger partial charge < -0.3 is 0 Å². The maximum Gasteiger partial charge on any atom is 0.114 e. The predicted molar refractivity (Wildman–Crippen MR) is 36.2 cm³/mol. The van der Waals surface area contributed by atoms with Crippen LogP contribution in [0.3, 0.4) is 0 Å². The molecule has 1 saturated heterocycles. The fourth-order valence-corrected chi connectivity index (χ4v) is 1.47. The minimum absolute atomic E-state index is 0.463. The summed E-state index contributed by atoms with van der Waals surface area (Å²) in [5, 5.41) is 0. The molecule has 0 spiro atoms. The third-order valence-electron chi connectivity index (χ3n) is 2.06. The Morgan fingerprint density at radius 3 is 2.56 bits per heavy atom. The molecule has 1 nitrogen and oxygen atoms in total. The molecule has 1 heterocycles. The minimum Gasteiger partial charge on any atom is -0.298 e.